The van der Waals surface area contributed by atoms with Crippen LogP contribution in [0.15, 0.2) is 24.3 Å². The number of rotatable bonds is 4. The smallest absolute Gasteiger partial charge is 0.254 e. The molecule has 0 saturated carbocycles. The summed E-state index contributed by atoms with van der Waals surface area (Å²) < 4.78 is 5.44. The predicted octanol–water partition coefficient (Wildman–Crippen LogP) is 3.70. The van der Waals surface area contributed by atoms with Gasteiger partial charge in [-0.05, 0) is 48.8 Å². The molecule has 2 aliphatic rings. The Labute approximate surface area is 158 Å². The minimum atomic E-state index is 0.118. The zero-order valence-electron chi connectivity index (χ0n) is 16.7. The van der Waals surface area contributed by atoms with Crippen LogP contribution in [0.1, 0.15) is 62.4 Å². The summed E-state index contributed by atoms with van der Waals surface area (Å²) in [6.07, 6.45) is 4.57. The summed E-state index contributed by atoms with van der Waals surface area (Å²) in [6.45, 7) is 12.3. The van der Waals surface area contributed by atoms with Gasteiger partial charge in [0.1, 0.15) is 0 Å². The van der Waals surface area contributed by atoms with E-state index in [4.69, 9.17) is 4.74 Å². The summed E-state index contributed by atoms with van der Waals surface area (Å²) in [5.41, 5.74) is 2.22. The third-order valence-electron chi connectivity index (χ3n) is 5.77. The molecular formula is C22H34N2O2. The summed E-state index contributed by atoms with van der Waals surface area (Å²) in [7, 11) is 0. The second-order valence-corrected chi connectivity index (χ2v) is 8.72. The molecule has 2 fully saturated rings. The van der Waals surface area contributed by atoms with E-state index < -0.39 is 0 Å². The fourth-order valence-electron chi connectivity index (χ4n) is 4.00. The van der Waals surface area contributed by atoms with Crippen LogP contribution in [0.3, 0.4) is 0 Å². The van der Waals surface area contributed by atoms with Crippen molar-refractivity contribution < 1.29 is 9.53 Å². The van der Waals surface area contributed by atoms with Crippen LogP contribution in [0.2, 0.25) is 0 Å². The number of nitrogens with zero attached hydrogens (tertiary/aromatic N) is 2. The number of benzene rings is 1. The van der Waals surface area contributed by atoms with E-state index in [9.17, 15) is 4.79 Å². The van der Waals surface area contributed by atoms with Crippen LogP contribution in [0, 0.1) is 0 Å². The zero-order valence-corrected chi connectivity index (χ0v) is 16.7. The summed E-state index contributed by atoms with van der Waals surface area (Å²) >= 11 is 0. The first kappa shape index (κ1) is 19.4. The minimum Gasteiger partial charge on any atom is -0.379 e. The average Bonchev–Trinajstić information content (AvgIpc) is 2.66. The molecule has 1 atom stereocenters. The van der Waals surface area contributed by atoms with Gasteiger partial charge in [0.05, 0.1) is 13.2 Å². The van der Waals surface area contributed by atoms with Gasteiger partial charge in [0.2, 0.25) is 0 Å². The molecule has 26 heavy (non-hydrogen) atoms. The number of carbonyl (C=O) groups excluding carboxylic acids is 1. The van der Waals surface area contributed by atoms with Gasteiger partial charge in [0.15, 0.2) is 0 Å². The van der Waals surface area contributed by atoms with Crippen LogP contribution >= 0.6 is 0 Å². The third-order valence-corrected chi connectivity index (χ3v) is 5.77. The molecule has 0 radical (unpaired) electrons. The monoisotopic (exact) mass is 358 g/mol. The van der Waals surface area contributed by atoms with Crippen molar-refractivity contribution in [2.75, 3.05) is 39.4 Å². The van der Waals surface area contributed by atoms with Crippen LogP contribution < -0.4 is 0 Å². The lowest BCUT2D eigenvalue weighted by Gasteiger charge is -2.37. The second-order valence-electron chi connectivity index (χ2n) is 8.72. The Kier molecular flexibility index (Phi) is 6.36. The second kappa shape index (κ2) is 8.53. The van der Waals surface area contributed by atoms with Gasteiger partial charge in [0, 0.05) is 37.8 Å². The number of carbonyl (C=O) groups is 1. The molecule has 2 heterocycles. The number of piperidine rings is 1. The van der Waals surface area contributed by atoms with Crippen LogP contribution in [-0.4, -0.2) is 61.1 Å². The van der Waals surface area contributed by atoms with Gasteiger partial charge in [-0.2, -0.15) is 0 Å². The van der Waals surface area contributed by atoms with E-state index in [2.05, 4.69) is 42.7 Å². The van der Waals surface area contributed by atoms with Crippen molar-refractivity contribution in [1.82, 2.24) is 9.80 Å². The fourth-order valence-corrected chi connectivity index (χ4v) is 4.00. The van der Waals surface area contributed by atoms with Crippen molar-refractivity contribution in [2.45, 2.75) is 57.9 Å². The van der Waals surface area contributed by atoms with Gasteiger partial charge in [-0.25, -0.2) is 0 Å². The normalized spacial score (nSPS) is 22.4. The number of morpholine rings is 1. The van der Waals surface area contributed by atoms with E-state index in [-0.39, 0.29) is 11.3 Å². The first-order valence-electron chi connectivity index (χ1n) is 10.2. The van der Waals surface area contributed by atoms with E-state index in [1.807, 2.05) is 12.1 Å². The van der Waals surface area contributed by atoms with Crippen molar-refractivity contribution >= 4 is 5.91 Å². The van der Waals surface area contributed by atoms with Crippen LogP contribution in [0.5, 0.6) is 0 Å². The average molecular weight is 359 g/mol. The van der Waals surface area contributed by atoms with Crippen molar-refractivity contribution in [1.29, 1.82) is 0 Å². The van der Waals surface area contributed by atoms with Gasteiger partial charge in [-0.3, -0.25) is 9.69 Å². The largest absolute Gasteiger partial charge is 0.379 e. The molecule has 0 bridgehead atoms. The standard InChI is InChI=1S/C22H34N2O2/c1-22(2,3)19-9-7-18(8-10-19)21(25)24-12-5-4-6-20(24)11-13-23-14-16-26-17-15-23/h7-10,20H,4-6,11-17H2,1-3H3. The van der Waals surface area contributed by atoms with Gasteiger partial charge in [-0.1, -0.05) is 32.9 Å². The quantitative estimate of drug-likeness (QED) is 0.823. The predicted molar refractivity (Wildman–Crippen MR) is 106 cm³/mol. The van der Waals surface area contributed by atoms with Gasteiger partial charge in [-0.15, -0.1) is 0 Å². The molecule has 144 valence electrons. The van der Waals surface area contributed by atoms with Crippen molar-refractivity contribution in [2.24, 2.45) is 0 Å². The first-order chi connectivity index (χ1) is 12.4. The van der Waals surface area contributed by atoms with Gasteiger partial charge in [0.25, 0.3) is 5.91 Å². The van der Waals surface area contributed by atoms with E-state index in [0.29, 0.717) is 6.04 Å². The molecule has 4 heteroatoms. The molecule has 1 unspecified atom stereocenters. The van der Waals surface area contributed by atoms with Crippen LogP contribution in [0.4, 0.5) is 0 Å². The van der Waals surface area contributed by atoms with Crippen molar-refractivity contribution in [3.63, 3.8) is 0 Å². The Hall–Kier alpha value is -1.39. The van der Waals surface area contributed by atoms with Crippen LogP contribution in [0.25, 0.3) is 0 Å². The third kappa shape index (κ3) is 4.86. The maximum atomic E-state index is 13.1. The highest BCUT2D eigenvalue weighted by Crippen LogP contribution is 2.25. The Morgan fingerprint density at radius 3 is 2.42 bits per heavy atom. The molecular weight excluding hydrogens is 324 g/mol. The molecule has 1 aromatic rings. The molecule has 1 amide bonds. The van der Waals surface area contributed by atoms with Gasteiger partial charge < -0.3 is 9.64 Å². The lowest BCUT2D eigenvalue weighted by Crippen LogP contribution is -2.46. The number of hydrogen-bond acceptors (Lipinski definition) is 3. The Bertz CT molecular complexity index is 585. The fraction of sp³-hybridized carbons (Fsp3) is 0.682. The number of likely N-dealkylation sites (tertiary alicyclic amines) is 1. The Morgan fingerprint density at radius 1 is 1.08 bits per heavy atom. The molecule has 0 spiro atoms. The number of hydrogen-bond donors (Lipinski definition) is 0. The highest BCUT2D eigenvalue weighted by molar-refractivity contribution is 5.94. The van der Waals surface area contributed by atoms with Gasteiger partial charge >= 0.3 is 0 Å². The molecule has 3 rings (SSSR count). The summed E-state index contributed by atoms with van der Waals surface area (Å²) in [6, 6.07) is 8.62. The van der Waals surface area contributed by atoms with E-state index in [0.717, 1.165) is 64.2 Å². The highest BCUT2D eigenvalue weighted by atomic mass is 16.5. The lowest BCUT2D eigenvalue weighted by molar-refractivity contribution is 0.0295. The molecule has 0 aliphatic carbocycles. The number of ether oxygens (including phenoxy) is 1. The maximum absolute atomic E-state index is 13.1. The van der Waals surface area contributed by atoms with Crippen molar-refractivity contribution in [3.8, 4) is 0 Å². The topological polar surface area (TPSA) is 32.8 Å². The Morgan fingerprint density at radius 2 is 1.77 bits per heavy atom. The van der Waals surface area contributed by atoms with Crippen molar-refractivity contribution in [3.05, 3.63) is 35.4 Å². The minimum absolute atomic E-state index is 0.118. The maximum Gasteiger partial charge on any atom is 0.254 e. The van der Waals surface area contributed by atoms with E-state index >= 15 is 0 Å². The van der Waals surface area contributed by atoms with Crippen LogP contribution in [-0.2, 0) is 10.2 Å². The molecule has 2 aliphatic heterocycles. The molecule has 4 nitrogen and oxygen atoms in total. The molecule has 0 N–H and O–H groups in total. The van der Waals surface area contributed by atoms with E-state index in [1.54, 1.807) is 0 Å². The molecule has 0 aromatic heterocycles. The highest BCUT2D eigenvalue weighted by Gasteiger charge is 2.28. The SMILES string of the molecule is CC(C)(C)c1ccc(C(=O)N2CCCCC2CCN2CCOCC2)cc1. The van der Waals surface area contributed by atoms with E-state index in [1.165, 1.54) is 12.0 Å². The summed E-state index contributed by atoms with van der Waals surface area (Å²) in [5, 5.41) is 0. The number of amides is 1. The summed E-state index contributed by atoms with van der Waals surface area (Å²) in [5.74, 6) is 0.206. The zero-order chi connectivity index (χ0) is 18.6. The Balaban J connectivity index is 1.63. The first-order valence-corrected chi connectivity index (χ1v) is 10.2. The summed E-state index contributed by atoms with van der Waals surface area (Å²) in [4.78, 5) is 17.7. The lowest BCUT2D eigenvalue weighted by atomic mass is 9.86. The molecule has 1 aromatic carbocycles. The molecule has 2 saturated heterocycles.